The Hall–Kier alpha value is -1.75. The molecule has 1 N–H and O–H groups in total. The molecule has 2 rings (SSSR count). The number of likely N-dealkylation sites (tertiary alicyclic amines) is 1. The van der Waals surface area contributed by atoms with Gasteiger partial charge in [0.25, 0.3) is 0 Å². The van der Waals surface area contributed by atoms with E-state index < -0.39 is 5.97 Å². The van der Waals surface area contributed by atoms with Crippen LogP contribution < -0.4 is 9.47 Å². The van der Waals surface area contributed by atoms with Crippen LogP contribution in [0.1, 0.15) is 24.8 Å². The predicted octanol–water partition coefficient (Wildman–Crippen LogP) is 2.19. The molecule has 1 aliphatic heterocycles. The second kappa shape index (κ2) is 7.31. The monoisotopic (exact) mass is 293 g/mol. The van der Waals surface area contributed by atoms with Crippen molar-refractivity contribution in [3.05, 3.63) is 23.8 Å². The summed E-state index contributed by atoms with van der Waals surface area (Å²) in [7, 11) is 3.69. The lowest BCUT2D eigenvalue weighted by Gasteiger charge is -2.31. The maximum Gasteiger partial charge on any atom is 0.303 e. The van der Waals surface area contributed by atoms with Gasteiger partial charge in [-0.2, -0.15) is 0 Å². The van der Waals surface area contributed by atoms with Gasteiger partial charge in [0.15, 0.2) is 11.5 Å². The number of aliphatic carboxylic acids is 1. The minimum Gasteiger partial charge on any atom is -0.493 e. The summed E-state index contributed by atoms with van der Waals surface area (Å²) in [5, 5.41) is 8.87. The Morgan fingerprint density at radius 2 is 2.29 bits per heavy atom. The summed E-state index contributed by atoms with van der Waals surface area (Å²) in [4.78, 5) is 13.0. The van der Waals surface area contributed by atoms with Gasteiger partial charge in [-0.15, -0.1) is 0 Å². The van der Waals surface area contributed by atoms with Crippen molar-refractivity contribution in [2.24, 2.45) is 0 Å². The molecule has 1 atom stereocenters. The Labute approximate surface area is 125 Å². The highest BCUT2D eigenvalue weighted by Gasteiger charge is 2.21. The fourth-order valence-electron chi connectivity index (χ4n) is 2.68. The molecule has 0 saturated carbocycles. The maximum absolute atomic E-state index is 10.8. The van der Waals surface area contributed by atoms with Gasteiger partial charge in [0.05, 0.1) is 7.11 Å². The predicted molar refractivity (Wildman–Crippen MR) is 80.1 cm³/mol. The molecule has 1 heterocycles. The van der Waals surface area contributed by atoms with Crippen LogP contribution in [0.3, 0.4) is 0 Å². The first-order valence-electron chi connectivity index (χ1n) is 7.33. The van der Waals surface area contributed by atoms with Crippen molar-refractivity contribution in [2.75, 3.05) is 27.2 Å². The molecule has 21 heavy (non-hydrogen) atoms. The summed E-state index contributed by atoms with van der Waals surface area (Å²) in [6.45, 7) is 1.98. The summed E-state index contributed by atoms with van der Waals surface area (Å²) in [5.41, 5.74) is 0.893. The van der Waals surface area contributed by atoms with Crippen LogP contribution in [0.2, 0.25) is 0 Å². The third kappa shape index (κ3) is 4.36. The number of para-hydroxylation sites is 1. The second-order valence-electron chi connectivity index (χ2n) is 5.49. The van der Waals surface area contributed by atoms with Crippen molar-refractivity contribution in [2.45, 2.75) is 31.8 Å². The van der Waals surface area contributed by atoms with Crippen LogP contribution in [0.4, 0.5) is 0 Å². The van der Waals surface area contributed by atoms with Crippen LogP contribution in [0.5, 0.6) is 11.5 Å². The number of aryl methyl sites for hydroxylation is 1. The summed E-state index contributed by atoms with van der Waals surface area (Å²) < 4.78 is 11.5. The third-order valence-electron chi connectivity index (χ3n) is 3.75. The van der Waals surface area contributed by atoms with E-state index in [-0.39, 0.29) is 12.5 Å². The number of benzene rings is 1. The van der Waals surface area contributed by atoms with E-state index in [0.717, 1.165) is 31.5 Å². The first kappa shape index (κ1) is 15.6. The van der Waals surface area contributed by atoms with Crippen LogP contribution in [-0.2, 0) is 11.2 Å². The number of rotatable bonds is 6. The SMILES string of the molecule is COc1cccc(CCC(=O)O)c1OC1CCCN(C)C1. The number of carboxylic acid groups (broad SMARTS) is 1. The van der Waals surface area contributed by atoms with E-state index in [1.807, 2.05) is 18.2 Å². The standard InChI is InChI=1S/C16H23NO4/c1-17-10-4-6-13(11-17)21-16-12(8-9-15(18)19)5-3-7-14(16)20-2/h3,5,7,13H,4,6,8-11H2,1-2H3,(H,18,19). The zero-order valence-corrected chi connectivity index (χ0v) is 12.7. The number of likely N-dealkylation sites (N-methyl/N-ethyl adjacent to an activating group) is 1. The van der Waals surface area contributed by atoms with E-state index in [1.165, 1.54) is 0 Å². The zero-order chi connectivity index (χ0) is 15.2. The van der Waals surface area contributed by atoms with Gasteiger partial charge >= 0.3 is 5.97 Å². The maximum atomic E-state index is 10.8. The molecular weight excluding hydrogens is 270 g/mol. The molecule has 1 aromatic rings. The number of carbonyl (C=O) groups is 1. The van der Waals surface area contributed by atoms with Crippen molar-refractivity contribution >= 4 is 5.97 Å². The van der Waals surface area contributed by atoms with Gasteiger partial charge in [-0.3, -0.25) is 4.79 Å². The van der Waals surface area contributed by atoms with Gasteiger partial charge in [-0.05, 0) is 44.5 Å². The number of methoxy groups -OCH3 is 1. The summed E-state index contributed by atoms with van der Waals surface area (Å²) >= 11 is 0. The van der Waals surface area contributed by atoms with Gasteiger partial charge in [0, 0.05) is 13.0 Å². The van der Waals surface area contributed by atoms with Gasteiger partial charge in [-0.1, -0.05) is 12.1 Å². The van der Waals surface area contributed by atoms with E-state index >= 15 is 0 Å². The highest BCUT2D eigenvalue weighted by molar-refractivity contribution is 5.67. The average Bonchev–Trinajstić information content (AvgIpc) is 2.46. The lowest BCUT2D eigenvalue weighted by molar-refractivity contribution is -0.136. The van der Waals surface area contributed by atoms with Gasteiger partial charge in [-0.25, -0.2) is 0 Å². The molecule has 1 fully saturated rings. The molecule has 116 valence electrons. The molecule has 5 heteroatoms. The Balaban J connectivity index is 2.16. The van der Waals surface area contributed by atoms with Crippen molar-refractivity contribution < 1.29 is 19.4 Å². The van der Waals surface area contributed by atoms with Crippen molar-refractivity contribution in [1.82, 2.24) is 4.90 Å². The van der Waals surface area contributed by atoms with E-state index in [0.29, 0.717) is 17.9 Å². The normalized spacial score (nSPS) is 19.2. The number of hydrogen-bond donors (Lipinski definition) is 1. The van der Waals surface area contributed by atoms with Crippen LogP contribution in [0.25, 0.3) is 0 Å². The molecule has 1 saturated heterocycles. The first-order chi connectivity index (χ1) is 10.1. The minimum absolute atomic E-state index is 0.0914. The van der Waals surface area contributed by atoms with E-state index in [4.69, 9.17) is 14.6 Å². The lowest BCUT2D eigenvalue weighted by atomic mass is 10.1. The molecule has 0 aliphatic carbocycles. The largest absolute Gasteiger partial charge is 0.493 e. The first-order valence-corrected chi connectivity index (χ1v) is 7.33. The average molecular weight is 293 g/mol. The number of ether oxygens (including phenoxy) is 2. The van der Waals surface area contributed by atoms with Gasteiger partial charge in [0.1, 0.15) is 6.10 Å². The van der Waals surface area contributed by atoms with E-state index in [2.05, 4.69) is 11.9 Å². The highest BCUT2D eigenvalue weighted by Crippen LogP contribution is 2.33. The Bertz CT molecular complexity index is 489. The Kier molecular flexibility index (Phi) is 5.44. The molecule has 1 unspecified atom stereocenters. The topological polar surface area (TPSA) is 59.0 Å². The quantitative estimate of drug-likeness (QED) is 0.871. The van der Waals surface area contributed by atoms with Gasteiger partial charge < -0.3 is 19.5 Å². The molecule has 0 radical (unpaired) electrons. The summed E-state index contributed by atoms with van der Waals surface area (Å²) in [6.07, 6.45) is 2.80. The smallest absolute Gasteiger partial charge is 0.303 e. The second-order valence-corrected chi connectivity index (χ2v) is 5.49. The lowest BCUT2D eigenvalue weighted by Crippen LogP contribution is -2.38. The zero-order valence-electron chi connectivity index (χ0n) is 12.7. The van der Waals surface area contributed by atoms with Crippen LogP contribution >= 0.6 is 0 Å². The Morgan fingerprint density at radius 1 is 1.48 bits per heavy atom. The number of carboxylic acids is 1. The molecule has 0 bridgehead atoms. The van der Waals surface area contributed by atoms with Crippen molar-refractivity contribution in [3.8, 4) is 11.5 Å². The van der Waals surface area contributed by atoms with E-state index in [9.17, 15) is 4.79 Å². The van der Waals surface area contributed by atoms with E-state index in [1.54, 1.807) is 7.11 Å². The number of nitrogens with zero attached hydrogens (tertiary/aromatic N) is 1. The number of piperidine rings is 1. The molecule has 5 nitrogen and oxygen atoms in total. The molecule has 0 aromatic heterocycles. The molecule has 1 aromatic carbocycles. The highest BCUT2D eigenvalue weighted by atomic mass is 16.5. The fourth-order valence-corrected chi connectivity index (χ4v) is 2.68. The molecule has 0 spiro atoms. The minimum atomic E-state index is -0.804. The molecular formula is C16H23NO4. The summed E-state index contributed by atoms with van der Waals surface area (Å²) in [6, 6.07) is 5.63. The van der Waals surface area contributed by atoms with Crippen LogP contribution in [-0.4, -0.2) is 49.3 Å². The fraction of sp³-hybridized carbons (Fsp3) is 0.562. The van der Waals surface area contributed by atoms with Crippen molar-refractivity contribution in [3.63, 3.8) is 0 Å². The molecule has 0 amide bonds. The Morgan fingerprint density at radius 3 is 2.95 bits per heavy atom. The summed E-state index contributed by atoms with van der Waals surface area (Å²) in [5.74, 6) is 0.564. The van der Waals surface area contributed by atoms with Crippen molar-refractivity contribution in [1.29, 1.82) is 0 Å². The van der Waals surface area contributed by atoms with Gasteiger partial charge in [0.2, 0.25) is 0 Å². The molecule has 1 aliphatic rings. The third-order valence-corrected chi connectivity index (χ3v) is 3.75. The van der Waals surface area contributed by atoms with Crippen LogP contribution in [0, 0.1) is 0 Å². The number of hydrogen-bond acceptors (Lipinski definition) is 4. The van der Waals surface area contributed by atoms with Crippen LogP contribution in [0.15, 0.2) is 18.2 Å².